The summed E-state index contributed by atoms with van der Waals surface area (Å²) < 4.78 is 10.7. The Kier molecular flexibility index (Phi) is 6.43. The Bertz CT molecular complexity index is 1020. The van der Waals surface area contributed by atoms with Crippen LogP contribution in [0.15, 0.2) is 34.8 Å². The standard InChI is InChI=1S/C22H24N2O5S2/c1-3-28-21(26)18-14(23-22(27)24-19(18)16-5-4-8-30-16)11-29-20(25)17-10-13-9-12(2)6-7-15(13)31-17/h4-5,8,10,12,19H,3,6-7,9,11H2,1-2H3,(H2,23,24,27)/t12-,19+/m0/s1. The highest BCUT2D eigenvalue weighted by atomic mass is 32.1. The molecule has 0 fully saturated rings. The SMILES string of the molecule is CCOC(=O)C1=C(COC(=O)c2cc3c(s2)CC[C@H](C)C3)NC(=O)N[C@@H]1c1cccs1. The van der Waals surface area contributed by atoms with Gasteiger partial charge in [0.2, 0.25) is 0 Å². The fourth-order valence-electron chi connectivity index (χ4n) is 3.87. The van der Waals surface area contributed by atoms with Crippen molar-refractivity contribution in [2.45, 2.75) is 39.2 Å². The first-order valence-corrected chi connectivity index (χ1v) is 12.0. The van der Waals surface area contributed by atoms with Crippen LogP contribution in [0, 0.1) is 5.92 Å². The first-order valence-electron chi connectivity index (χ1n) is 10.3. The van der Waals surface area contributed by atoms with Gasteiger partial charge in [-0.25, -0.2) is 14.4 Å². The summed E-state index contributed by atoms with van der Waals surface area (Å²) in [7, 11) is 0. The molecule has 0 unspecified atom stereocenters. The van der Waals surface area contributed by atoms with Crippen molar-refractivity contribution >= 4 is 40.6 Å². The van der Waals surface area contributed by atoms with Crippen LogP contribution >= 0.6 is 22.7 Å². The molecule has 0 saturated carbocycles. The molecule has 0 aromatic carbocycles. The van der Waals surface area contributed by atoms with E-state index in [1.165, 1.54) is 33.1 Å². The van der Waals surface area contributed by atoms with Crippen molar-refractivity contribution in [3.63, 3.8) is 0 Å². The summed E-state index contributed by atoms with van der Waals surface area (Å²) in [6, 6.07) is 4.47. The topological polar surface area (TPSA) is 93.7 Å². The lowest BCUT2D eigenvalue weighted by Gasteiger charge is -2.28. The number of hydrogen-bond acceptors (Lipinski definition) is 7. The first-order chi connectivity index (χ1) is 15.0. The van der Waals surface area contributed by atoms with Crippen LogP contribution in [-0.2, 0) is 27.1 Å². The first kappa shape index (κ1) is 21.6. The van der Waals surface area contributed by atoms with Gasteiger partial charge in [0.05, 0.1) is 23.9 Å². The maximum absolute atomic E-state index is 12.7. The average molecular weight is 461 g/mol. The van der Waals surface area contributed by atoms with Gasteiger partial charge in [0.25, 0.3) is 0 Å². The van der Waals surface area contributed by atoms with Crippen LogP contribution in [0.25, 0.3) is 0 Å². The summed E-state index contributed by atoms with van der Waals surface area (Å²) in [5, 5.41) is 7.24. The number of amides is 2. The molecule has 2 aliphatic rings. The predicted molar refractivity (Wildman–Crippen MR) is 118 cm³/mol. The Balaban J connectivity index is 1.56. The molecule has 3 heterocycles. The molecule has 31 heavy (non-hydrogen) atoms. The van der Waals surface area contributed by atoms with Gasteiger partial charge >= 0.3 is 18.0 Å². The number of nitrogens with one attached hydrogen (secondary N) is 2. The van der Waals surface area contributed by atoms with Crippen molar-refractivity contribution in [1.82, 2.24) is 10.6 Å². The fraction of sp³-hybridized carbons (Fsp3) is 0.409. The molecule has 164 valence electrons. The highest BCUT2D eigenvalue weighted by Gasteiger charge is 2.35. The molecule has 2 atom stereocenters. The van der Waals surface area contributed by atoms with Crippen LogP contribution in [0.2, 0.25) is 0 Å². The molecule has 0 saturated heterocycles. The van der Waals surface area contributed by atoms with Gasteiger partial charge in [-0.05, 0) is 55.2 Å². The molecule has 2 aromatic rings. The third-order valence-electron chi connectivity index (χ3n) is 5.35. The number of hydrogen-bond donors (Lipinski definition) is 2. The largest absolute Gasteiger partial charge is 0.463 e. The van der Waals surface area contributed by atoms with Gasteiger partial charge in [0.15, 0.2) is 0 Å². The third kappa shape index (κ3) is 4.67. The average Bonchev–Trinajstić information content (AvgIpc) is 3.41. The maximum atomic E-state index is 12.7. The second kappa shape index (κ2) is 9.23. The summed E-state index contributed by atoms with van der Waals surface area (Å²) in [5.41, 5.74) is 1.70. The van der Waals surface area contributed by atoms with Crippen LogP contribution in [0.4, 0.5) is 4.79 Å². The van der Waals surface area contributed by atoms with Gasteiger partial charge in [-0.3, -0.25) is 0 Å². The molecule has 0 bridgehead atoms. The van der Waals surface area contributed by atoms with Gasteiger partial charge in [-0.15, -0.1) is 22.7 Å². The smallest absolute Gasteiger partial charge is 0.348 e. The summed E-state index contributed by atoms with van der Waals surface area (Å²) >= 11 is 2.89. The van der Waals surface area contributed by atoms with Crippen molar-refractivity contribution in [2.24, 2.45) is 5.92 Å². The van der Waals surface area contributed by atoms with Gasteiger partial charge < -0.3 is 20.1 Å². The van der Waals surface area contributed by atoms with E-state index in [1.54, 1.807) is 6.92 Å². The molecule has 2 amide bonds. The van der Waals surface area contributed by atoms with Crippen molar-refractivity contribution in [3.05, 3.63) is 55.0 Å². The van der Waals surface area contributed by atoms with Crippen LogP contribution in [0.3, 0.4) is 0 Å². The molecule has 2 aromatic heterocycles. The summed E-state index contributed by atoms with van der Waals surface area (Å²) in [6.45, 7) is 3.90. The van der Waals surface area contributed by atoms with Crippen molar-refractivity contribution in [3.8, 4) is 0 Å². The van der Waals surface area contributed by atoms with Crippen molar-refractivity contribution in [1.29, 1.82) is 0 Å². The minimum Gasteiger partial charge on any atom is -0.463 e. The number of esters is 2. The van der Waals surface area contributed by atoms with Crippen LogP contribution < -0.4 is 10.6 Å². The lowest BCUT2D eigenvalue weighted by molar-refractivity contribution is -0.139. The van der Waals surface area contributed by atoms with Crippen molar-refractivity contribution in [2.75, 3.05) is 13.2 Å². The lowest BCUT2D eigenvalue weighted by atomic mass is 9.90. The number of urea groups is 1. The lowest BCUT2D eigenvalue weighted by Crippen LogP contribution is -2.46. The number of aryl methyl sites for hydroxylation is 1. The molecule has 2 N–H and O–H groups in total. The number of carbonyl (C=O) groups is 3. The number of thiophene rings is 2. The van der Waals surface area contributed by atoms with E-state index in [0.717, 1.165) is 24.1 Å². The normalized spacial score (nSPS) is 20.5. The van der Waals surface area contributed by atoms with E-state index in [0.29, 0.717) is 10.8 Å². The third-order valence-corrected chi connectivity index (χ3v) is 7.51. The van der Waals surface area contributed by atoms with Crippen LogP contribution in [0.1, 0.15) is 51.3 Å². The summed E-state index contributed by atoms with van der Waals surface area (Å²) in [6.07, 6.45) is 3.08. The minimum absolute atomic E-state index is 0.194. The highest BCUT2D eigenvalue weighted by molar-refractivity contribution is 7.14. The number of rotatable bonds is 6. The van der Waals surface area contributed by atoms with Gasteiger partial charge in [0.1, 0.15) is 11.5 Å². The second-order valence-electron chi connectivity index (χ2n) is 7.64. The van der Waals surface area contributed by atoms with E-state index in [4.69, 9.17) is 9.47 Å². The quantitative estimate of drug-likeness (QED) is 0.637. The van der Waals surface area contributed by atoms with E-state index >= 15 is 0 Å². The van der Waals surface area contributed by atoms with Gasteiger partial charge in [-0.2, -0.15) is 0 Å². The summed E-state index contributed by atoms with van der Waals surface area (Å²) in [5.74, 6) is -0.398. The molecular formula is C22H24N2O5S2. The molecule has 4 rings (SSSR count). The molecule has 7 nitrogen and oxygen atoms in total. The molecule has 1 aliphatic carbocycles. The molecule has 1 aliphatic heterocycles. The van der Waals surface area contributed by atoms with E-state index in [1.807, 2.05) is 23.6 Å². The Morgan fingerprint density at radius 3 is 2.84 bits per heavy atom. The van der Waals surface area contributed by atoms with Crippen molar-refractivity contribution < 1.29 is 23.9 Å². The zero-order valence-electron chi connectivity index (χ0n) is 17.4. The maximum Gasteiger partial charge on any atom is 0.348 e. The van der Waals surface area contributed by atoms with Crippen LogP contribution in [0.5, 0.6) is 0 Å². The minimum atomic E-state index is -0.656. The predicted octanol–water partition coefficient (Wildman–Crippen LogP) is 3.96. The molecule has 9 heteroatoms. The summed E-state index contributed by atoms with van der Waals surface area (Å²) in [4.78, 5) is 40.2. The van der Waals surface area contributed by atoms with E-state index in [9.17, 15) is 14.4 Å². The Morgan fingerprint density at radius 1 is 1.26 bits per heavy atom. The zero-order valence-corrected chi connectivity index (χ0v) is 19.0. The monoisotopic (exact) mass is 460 g/mol. The van der Waals surface area contributed by atoms with Gasteiger partial charge in [-0.1, -0.05) is 13.0 Å². The Hall–Kier alpha value is -2.65. The number of ether oxygens (including phenoxy) is 2. The molecular weight excluding hydrogens is 436 g/mol. The number of fused-ring (bicyclic) bond motifs is 1. The number of carbonyl (C=O) groups excluding carboxylic acids is 3. The van der Waals surface area contributed by atoms with Crippen LogP contribution in [-0.4, -0.2) is 31.2 Å². The Labute approximate surface area is 188 Å². The Morgan fingerprint density at radius 2 is 2.10 bits per heavy atom. The second-order valence-corrected chi connectivity index (χ2v) is 9.76. The molecule has 0 radical (unpaired) electrons. The fourth-order valence-corrected chi connectivity index (χ4v) is 5.75. The highest BCUT2D eigenvalue weighted by Crippen LogP contribution is 2.33. The molecule has 0 spiro atoms. The van der Waals surface area contributed by atoms with Gasteiger partial charge in [0, 0.05) is 9.75 Å². The van der Waals surface area contributed by atoms with E-state index in [2.05, 4.69) is 17.6 Å². The zero-order chi connectivity index (χ0) is 22.0. The van der Waals surface area contributed by atoms with E-state index in [-0.39, 0.29) is 24.5 Å². The van der Waals surface area contributed by atoms with E-state index < -0.39 is 24.0 Å².